The highest BCUT2D eigenvalue weighted by molar-refractivity contribution is 7.87. The van der Waals surface area contributed by atoms with Crippen molar-refractivity contribution in [2.75, 3.05) is 32.7 Å². The Balaban J connectivity index is 2.07. The Morgan fingerprint density at radius 3 is 2.46 bits per heavy atom. The molecule has 6 nitrogen and oxygen atoms in total. The van der Waals surface area contributed by atoms with Crippen molar-refractivity contribution in [3.63, 3.8) is 0 Å². The second-order valence-corrected chi connectivity index (χ2v) is 8.76. The highest BCUT2D eigenvalue weighted by atomic mass is 32.2. The van der Waals surface area contributed by atoms with Crippen molar-refractivity contribution in [3.05, 3.63) is 22.4 Å². The van der Waals surface area contributed by atoms with Gasteiger partial charge < -0.3 is 4.74 Å². The summed E-state index contributed by atoms with van der Waals surface area (Å²) >= 11 is 1.64. The molecule has 1 N–H and O–H groups in total. The first kappa shape index (κ1) is 19.8. The number of rotatable bonds is 8. The van der Waals surface area contributed by atoms with Gasteiger partial charge in [0.15, 0.2) is 0 Å². The van der Waals surface area contributed by atoms with E-state index in [4.69, 9.17) is 4.74 Å². The average Bonchev–Trinajstić information content (AvgIpc) is 3.04. The normalized spacial score (nSPS) is 24.4. The fourth-order valence-corrected chi connectivity index (χ4v) is 5.26. The molecular formula is C16H29N3O3S2. The first-order valence-electron chi connectivity index (χ1n) is 8.53. The summed E-state index contributed by atoms with van der Waals surface area (Å²) in [6.45, 7) is 10.9. The van der Waals surface area contributed by atoms with E-state index in [1.54, 1.807) is 11.3 Å². The summed E-state index contributed by atoms with van der Waals surface area (Å²) in [5.74, 6) is 0. The molecule has 1 aromatic rings. The van der Waals surface area contributed by atoms with Crippen LogP contribution in [0.3, 0.4) is 0 Å². The number of ether oxygens (including phenoxy) is 1. The predicted molar refractivity (Wildman–Crippen MR) is 98.5 cm³/mol. The van der Waals surface area contributed by atoms with Crippen LogP contribution in [0.5, 0.6) is 0 Å². The molecule has 0 aliphatic carbocycles. The van der Waals surface area contributed by atoms with Crippen LogP contribution in [0.1, 0.15) is 39.3 Å². The maximum Gasteiger partial charge on any atom is 0.279 e. The summed E-state index contributed by atoms with van der Waals surface area (Å²) in [6, 6.07) is 2.12. The molecule has 0 unspecified atom stereocenters. The van der Waals surface area contributed by atoms with Gasteiger partial charge in [-0.25, -0.2) is 4.72 Å². The monoisotopic (exact) mass is 375 g/mol. The van der Waals surface area contributed by atoms with Crippen LogP contribution in [-0.4, -0.2) is 62.6 Å². The van der Waals surface area contributed by atoms with Crippen molar-refractivity contribution in [1.82, 2.24) is 13.9 Å². The van der Waals surface area contributed by atoms with E-state index in [1.807, 2.05) is 19.2 Å². The lowest BCUT2D eigenvalue weighted by Gasteiger charge is -2.35. The largest absolute Gasteiger partial charge is 0.373 e. The summed E-state index contributed by atoms with van der Waals surface area (Å²) in [6.07, 6.45) is -0.165. The maximum atomic E-state index is 12.7. The molecule has 0 amide bonds. The van der Waals surface area contributed by atoms with E-state index in [-0.39, 0.29) is 18.2 Å². The zero-order valence-corrected chi connectivity index (χ0v) is 16.6. The topological polar surface area (TPSA) is 61.9 Å². The third-order valence-electron chi connectivity index (χ3n) is 4.37. The minimum absolute atomic E-state index is 0.0527. The molecule has 8 heteroatoms. The Bertz CT molecular complexity index is 578. The van der Waals surface area contributed by atoms with Gasteiger partial charge in [0.2, 0.25) is 0 Å². The van der Waals surface area contributed by atoms with Gasteiger partial charge in [0, 0.05) is 25.7 Å². The van der Waals surface area contributed by atoms with Crippen LogP contribution < -0.4 is 4.72 Å². The van der Waals surface area contributed by atoms with Crippen LogP contribution in [0.25, 0.3) is 0 Å². The van der Waals surface area contributed by atoms with E-state index < -0.39 is 10.2 Å². The molecule has 3 atom stereocenters. The standard InChI is InChI=1S/C16H29N3O3S2/c1-5-18(6-2)16(15-7-8-23-12-15)9-17-24(20,21)19-10-13(3)22-14(4)11-19/h7-8,12-14,16-17H,5-6,9-11H2,1-4H3/t13-,14+,16-/m0/s1. The van der Waals surface area contributed by atoms with Crippen molar-refractivity contribution in [1.29, 1.82) is 0 Å². The zero-order chi connectivity index (χ0) is 17.7. The Labute approximate surface area is 150 Å². The fourth-order valence-electron chi connectivity index (χ4n) is 3.19. The quantitative estimate of drug-likeness (QED) is 0.756. The molecule has 2 heterocycles. The van der Waals surface area contributed by atoms with E-state index in [1.165, 1.54) is 4.31 Å². The maximum absolute atomic E-state index is 12.7. The summed E-state index contributed by atoms with van der Waals surface area (Å²) in [5, 5.41) is 4.13. The van der Waals surface area contributed by atoms with E-state index in [9.17, 15) is 8.42 Å². The van der Waals surface area contributed by atoms with E-state index in [2.05, 4.69) is 34.9 Å². The number of nitrogens with one attached hydrogen (secondary N) is 1. The van der Waals surface area contributed by atoms with E-state index in [0.29, 0.717) is 19.6 Å². The molecule has 0 radical (unpaired) electrons. The fraction of sp³-hybridized carbons (Fsp3) is 0.750. The summed E-state index contributed by atoms with van der Waals surface area (Å²) in [5.41, 5.74) is 1.16. The third kappa shape index (κ3) is 5.00. The van der Waals surface area contributed by atoms with Crippen LogP contribution in [0.15, 0.2) is 16.8 Å². The lowest BCUT2D eigenvalue weighted by molar-refractivity contribution is -0.0444. The Morgan fingerprint density at radius 2 is 1.96 bits per heavy atom. The van der Waals surface area contributed by atoms with Gasteiger partial charge in [-0.2, -0.15) is 24.1 Å². The molecule has 1 aliphatic heterocycles. The van der Waals surface area contributed by atoms with Crippen molar-refractivity contribution < 1.29 is 13.2 Å². The Morgan fingerprint density at radius 1 is 1.33 bits per heavy atom. The smallest absolute Gasteiger partial charge is 0.279 e. The number of nitrogens with zero attached hydrogens (tertiary/aromatic N) is 2. The zero-order valence-electron chi connectivity index (χ0n) is 14.9. The number of thiophene rings is 1. The molecule has 2 rings (SSSR count). The number of morpholine rings is 1. The molecule has 0 saturated carbocycles. The van der Waals surface area contributed by atoms with Gasteiger partial charge in [-0.05, 0) is 49.3 Å². The first-order valence-corrected chi connectivity index (χ1v) is 10.9. The van der Waals surface area contributed by atoms with Gasteiger partial charge in [-0.3, -0.25) is 4.90 Å². The van der Waals surface area contributed by atoms with Gasteiger partial charge in [0.1, 0.15) is 0 Å². The molecule has 0 aromatic carbocycles. The first-order chi connectivity index (χ1) is 11.4. The van der Waals surface area contributed by atoms with Crippen molar-refractivity contribution >= 4 is 21.5 Å². The molecule has 0 spiro atoms. The summed E-state index contributed by atoms with van der Waals surface area (Å²) in [7, 11) is -3.51. The van der Waals surface area contributed by atoms with Crippen LogP contribution in [0.2, 0.25) is 0 Å². The lowest BCUT2D eigenvalue weighted by atomic mass is 10.1. The van der Waals surface area contributed by atoms with Crippen LogP contribution in [0.4, 0.5) is 0 Å². The Hall–Kier alpha value is -0.510. The summed E-state index contributed by atoms with van der Waals surface area (Å²) < 4.78 is 35.3. The van der Waals surface area contributed by atoms with Gasteiger partial charge in [-0.15, -0.1) is 0 Å². The van der Waals surface area contributed by atoms with Gasteiger partial charge in [0.05, 0.1) is 12.2 Å². The van der Waals surface area contributed by atoms with Crippen molar-refractivity contribution in [2.45, 2.75) is 45.9 Å². The Kier molecular flexibility index (Phi) is 7.21. The number of hydrogen-bond acceptors (Lipinski definition) is 5. The average molecular weight is 376 g/mol. The highest BCUT2D eigenvalue weighted by Gasteiger charge is 2.31. The third-order valence-corrected chi connectivity index (χ3v) is 6.58. The molecule has 1 fully saturated rings. The molecular weight excluding hydrogens is 346 g/mol. The molecule has 1 aromatic heterocycles. The second kappa shape index (κ2) is 8.73. The van der Waals surface area contributed by atoms with E-state index >= 15 is 0 Å². The van der Waals surface area contributed by atoms with E-state index in [0.717, 1.165) is 18.7 Å². The van der Waals surface area contributed by atoms with Crippen molar-refractivity contribution in [2.24, 2.45) is 0 Å². The number of likely N-dealkylation sites (N-methyl/N-ethyl adjacent to an activating group) is 1. The molecule has 0 bridgehead atoms. The molecule has 138 valence electrons. The molecule has 24 heavy (non-hydrogen) atoms. The minimum Gasteiger partial charge on any atom is -0.373 e. The lowest BCUT2D eigenvalue weighted by Crippen LogP contribution is -2.53. The highest BCUT2D eigenvalue weighted by Crippen LogP contribution is 2.23. The minimum atomic E-state index is -3.51. The van der Waals surface area contributed by atoms with Crippen LogP contribution in [0, 0.1) is 0 Å². The predicted octanol–water partition coefficient (Wildman–Crippen LogP) is 2.07. The molecule has 1 saturated heterocycles. The van der Waals surface area contributed by atoms with Crippen LogP contribution in [-0.2, 0) is 14.9 Å². The summed E-state index contributed by atoms with van der Waals surface area (Å²) in [4.78, 5) is 2.27. The molecule has 1 aliphatic rings. The number of hydrogen-bond donors (Lipinski definition) is 1. The van der Waals surface area contributed by atoms with Gasteiger partial charge >= 0.3 is 0 Å². The van der Waals surface area contributed by atoms with Gasteiger partial charge in [-0.1, -0.05) is 13.8 Å². The SMILES string of the molecule is CCN(CC)[C@@H](CNS(=O)(=O)N1C[C@@H](C)O[C@@H](C)C1)c1ccsc1. The van der Waals surface area contributed by atoms with Gasteiger partial charge in [0.25, 0.3) is 10.2 Å². The van der Waals surface area contributed by atoms with Crippen molar-refractivity contribution in [3.8, 4) is 0 Å². The second-order valence-electron chi connectivity index (χ2n) is 6.22. The van der Waals surface area contributed by atoms with Crippen LogP contribution >= 0.6 is 11.3 Å².